The van der Waals surface area contributed by atoms with Crippen molar-refractivity contribution in [1.29, 1.82) is 0 Å². The highest BCUT2D eigenvalue weighted by Crippen LogP contribution is 2.41. The molecule has 1 nitrogen and oxygen atoms in total. The first-order valence-electron chi connectivity index (χ1n) is 12.1. The van der Waals surface area contributed by atoms with Crippen LogP contribution in [0.2, 0.25) is 0 Å². The lowest BCUT2D eigenvalue weighted by Gasteiger charge is -2.29. The summed E-state index contributed by atoms with van der Waals surface area (Å²) in [5.41, 5.74) is -2.62. The van der Waals surface area contributed by atoms with Gasteiger partial charge in [0.2, 0.25) is 0 Å². The van der Waals surface area contributed by atoms with Crippen LogP contribution in [0.1, 0.15) is 80.9 Å². The summed E-state index contributed by atoms with van der Waals surface area (Å²) in [7, 11) is 0. The van der Waals surface area contributed by atoms with E-state index in [1.54, 1.807) is 0 Å². The molecular formula is C27H27F9O. The molecule has 0 saturated heterocycles. The van der Waals surface area contributed by atoms with E-state index in [1.165, 1.54) is 0 Å². The van der Waals surface area contributed by atoms with Gasteiger partial charge in [-0.15, -0.1) is 0 Å². The maximum absolute atomic E-state index is 14.7. The summed E-state index contributed by atoms with van der Waals surface area (Å²) >= 11 is 0. The minimum Gasteiger partial charge on any atom is -0.429 e. The van der Waals surface area contributed by atoms with E-state index in [4.69, 9.17) is 0 Å². The normalized spacial score (nSPS) is 19.0. The second-order valence-corrected chi connectivity index (χ2v) is 9.37. The average molecular weight is 538 g/mol. The van der Waals surface area contributed by atoms with Gasteiger partial charge in [0.05, 0.1) is 0 Å². The number of hydrogen-bond donors (Lipinski definition) is 0. The number of halogens is 9. The van der Waals surface area contributed by atoms with E-state index in [1.807, 2.05) is 0 Å². The lowest BCUT2D eigenvalue weighted by atomic mass is 9.77. The third-order valence-corrected chi connectivity index (χ3v) is 6.63. The molecule has 0 aliphatic heterocycles. The summed E-state index contributed by atoms with van der Waals surface area (Å²) in [6.45, 7) is 2.12. The van der Waals surface area contributed by atoms with E-state index in [0.29, 0.717) is 18.8 Å². The lowest BCUT2D eigenvalue weighted by Crippen LogP contribution is -2.26. The van der Waals surface area contributed by atoms with E-state index >= 15 is 0 Å². The van der Waals surface area contributed by atoms with Crippen molar-refractivity contribution in [2.24, 2.45) is 5.92 Å². The van der Waals surface area contributed by atoms with Crippen LogP contribution in [0, 0.1) is 29.2 Å². The molecule has 0 heterocycles. The van der Waals surface area contributed by atoms with Crippen LogP contribution >= 0.6 is 0 Å². The van der Waals surface area contributed by atoms with Crippen molar-refractivity contribution >= 4 is 6.08 Å². The minimum absolute atomic E-state index is 0.0866. The molecule has 10 heteroatoms. The van der Waals surface area contributed by atoms with Gasteiger partial charge < -0.3 is 4.74 Å². The number of allylic oxidation sites excluding steroid dienone is 1. The van der Waals surface area contributed by atoms with Gasteiger partial charge in [0.15, 0.2) is 0 Å². The van der Waals surface area contributed by atoms with Crippen molar-refractivity contribution in [2.45, 2.75) is 76.5 Å². The zero-order valence-corrected chi connectivity index (χ0v) is 20.1. The van der Waals surface area contributed by atoms with Crippen molar-refractivity contribution in [3.05, 3.63) is 70.3 Å². The Labute approximate surface area is 209 Å². The highest BCUT2D eigenvalue weighted by molar-refractivity contribution is 5.53. The highest BCUT2D eigenvalue weighted by Gasteiger charge is 2.42. The summed E-state index contributed by atoms with van der Waals surface area (Å²) in [4.78, 5) is 0. The first-order chi connectivity index (χ1) is 17.3. The molecule has 0 N–H and O–H groups in total. The van der Waals surface area contributed by atoms with Crippen LogP contribution in [0.3, 0.4) is 0 Å². The van der Waals surface area contributed by atoms with Gasteiger partial charge in [0, 0.05) is 23.8 Å². The summed E-state index contributed by atoms with van der Waals surface area (Å²) in [5.74, 6) is -7.22. The number of ether oxygens (including phenoxy) is 1. The van der Waals surface area contributed by atoms with Crippen molar-refractivity contribution in [3.63, 3.8) is 0 Å². The molecule has 1 aliphatic rings. The highest BCUT2D eigenvalue weighted by atomic mass is 19.4. The molecule has 2 aromatic carbocycles. The Morgan fingerprint density at radius 3 is 1.89 bits per heavy atom. The van der Waals surface area contributed by atoms with Gasteiger partial charge >= 0.3 is 12.3 Å². The molecule has 1 aliphatic carbocycles. The van der Waals surface area contributed by atoms with Gasteiger partial charge in [-0.2, -0.15) is 22.0 Å². The van der Waals surface area contributed by atoms with Crippen LogP contribution in [0.25, 0.3) is 6.08 Å². The Morgan fingerprint density at radius 1 is 0.811 bits per heavy atom. The second-order valence-electron chi connectivity index (χ2n) is 9.37. The SMILES string of the molecule is CCCCCC1CCC(c2cc(F)c(C(F)(F)Oc3cc(F)c(C=CC(F)(F)F)c(F)c3)c(F)c2)CC1. The molecular weight excluding hydrogens is 511 g/mol. The third-order valence-electron chi connectivity index (χ3n) is 6.63. The van der Waals surface area contributed by atoms with Crippen LogP contribution in [-0.2, 0) is 6.11 Å². The quantitative estimate of drug-likeness (QED) is 0.228. The van der Waals surface area contributed by atoms with Gasteiger partial charge in [0.25, 0.3) is 0 Å². The van der Waals surface area contributed by atoms with Crippen LogP contribution in [0.5, 0.6) is 5.75 Å². The number of benzene rings is 2. The fourth-order valence-electron chi connectivity index (χ4n) is 4.73. The van der Waals surface area contributed by atoms with Gasteiger partial charge in [-0.05, 0) is 61.3 Å². The van der Waals surface area contributed by atoms with Crippen molar-refractivity contribution in [1.82, 2.24) is 0 Å². The van der Waals surface area contributed by atoms with Crippen LogP contribution in [-0.4, -0.2) is 6.18 Å². The fraction of sp³-hybridized carbons (Fsp3) is 0.481. The maximum atomic E-state index is 14.7. The monoisotopic (exact) mass is 538 g/mol. The molecule has 204 valence electrons. The zero-order valence-electron chi connectivity index (χ0n) is 20.1. The molecule has 0 amide bonds. The van der Waals surface area contributed by atoms with Crippen molar-refractivity contribution < 1.29 is 44.3 Å². The third kappa shape index (κ3) is 7.68. The Bertz CT molecular complexity index is 1050. The maximum Gasteiger partial charge on any atom is 0.432 e. The standard InChI is InChI=1S/C27H27F9O/c1-2-3-4-5-16-6-8-17(9-7-16)18-12-23(30)25(24(31)13-18)27(35,36)37-19-14-21(28)20(22(29)15-19)10-11-26(32,33)34/h10-17H,2-9H2,1H3. The molecule has 0 bridgehead atoms. The largest absolute Gasteiger partial charge is 0.432 e. The van der Waals surface area contributed by atoms with Crippen LogP contribution in [0.4, 0.5) is 39.5 Å². The van der Waals surface area contributed by atoms with Gasteiger partial charge in [-0.1, -0.05) is 32.6 Å². The van der Waals surface area contributed by atoms with E-state index in [9.17, 15) is 39.5 Å². The minimum atomic E-state index is -4.86. The van der Waals surface area contributed by atoms with Crippen molar-refractivity contribution in [3.8, 4) is 5.75 Å². The Balaban J connectivity index is 1.75. The molecule has 0 unspecified atom stereocenters. The van der Waals surface area contributed by atoms with E-state index in [2.05, 4.69) is 11.7 Å². The number of unbranched alkanes of at least 4 members (excludes halogenated alkanes) is 2. The van der Waals surface area contributed by atoms with Gasteiger partial charge in [-0.25, -0.2) is 17.6 Å². The summed E-state index contributed by atoms with van der Waals surface area (Å²) in [6.07, 6.45) is -2.29. The van der Waals surface area contributed by atoms with E-state index < -0.39 is 58.5 Å². The smallest absolute Gasteiger partial charge is 0.429 e. The molecule has 1 saturated carbocycles. The number of alkyl halides is 5. The average Bonchev–Trinajstić information content (AvgIpc) is 2.77. The summed E-state index contributed by atoms with van der Waals surface area (Å²) in [6, 6.07) is 2.06. The van der Waals surface area contributed by atoms with Crippen molar-refractivity contribution in [2.75, 3.05) is 0 Å². The summed E-state index contributed by atoms with van der Waals surface area (Å²) < 4.78 is 128. The lowest BCUT2D eigenvalue weighted by molar-refractivity contribution is -0.189. The zero-order chi connectivity index (χ0) is 27.4. The predicted octanol–water partition coefficient (Wildman–Crippen LogP) is 9.80. The number of rotatable bonds is 9. The molecule has 0 radical (unpaired) electrons. The second kappa shape index (κ2) is 11.8. The Kier molecular flexibility index (Phi) is 9.23. The van der Waals surface area contributed by atoms with E-state index in [-0.39, 0.29) is 29.7 Å². The summed E-state index contributed by atoms with van der Waals surface area (Å²) in [5, 5.41) is 0. The molecule has 3 rings (SSSR count). The molecule has 0 atom stereocenters. The Morgan fingerprint density at radius 2 is 1.38 bits per heavy atom. The molecule has 0 spiro atoms. The topological polar surface area (TPSA) is 9.23 Å². The molecule has 37 heavy (non-hydrogen) atoms. The van der Waals surface area contributed by atoms with E-state index in [0.717, 1.165) is 50.7 Å². The van der Waals surface area contributed by atoms with Gasteiger partial charge in [0.1, 0.15) is 34.6 Å². The van der Waals surface area contributed by atoms with Crippen LogP contribution < -0.4 is 4.74 Å². The molecule has 0 aromatic heterocycles. The van der Waals surface area contributed by atoms with Gasteiger partial charge in [-0.3, -0.25) is 0 Å². The molecule has 2 aromatic rings. The molecule has 1 fully saturated rings. The predicted molar refractivity (Wildman–Crippen MR) is 121 cm³/mol. The fourth-order valence-corrected chi connectivity index (χ4v) is 4.73. The van der Waals surface area contributed by atoms with Crippen LogP contribution in [0.15, 0.2) is 30.3 Å². The number of hydrogen-bond acceptors (Lipinski definition) is 1. The first-order valence-corrected chi connectivity index (χ1v) is 12.1. The Hall–Kier alpha value is -2.65. The first kappa shape index (κ1) is 28.9.